The number of ether oxygens (including phenoxy) is 1. The van der Waals surface area contributed by atoms with Crippen LogP contribution in [0.2, 0.25) is 0 Å². The molecule has 2 aliphatic rings. The summed E-state index contributed by atoms with van der Waals surface area (Å²) in [5.74, 6) is 1.55. The fraction of sp³-hybridized carbons (Fsp3) is 0.517. The van der Waals surface area contributed by atoms with Crippen molar-refractivity contribution in [1.29, 1.82) is 5.26 Å². The second kappa shape index (κ2) is 10.5. The highest BCUT2D eigenvalue weighted by atomic mass is 16.5. The lowest BCUT2D eigenvalue weighted by Crippen LogP contribution is -2.59. The molecule has 8 heteroatoms. The first-order valence-corrected chi connectivity index (χ1v) is 13.5. The molecule has 1 saturated carbocycles. The SMILES string of the molecule is CCC(c1ccc(OC2CC2)cc1)N1C[C@H](CC)N(c2nc(=O)n(C)c3ccc(C#N)nc23)C[C@H]1CC. The number of piperazine rings is 1. The normalized spacial score (nSPS) is 21.1. The molecular formula is C29H36N6O2. The van der Waals surface area contributed by atoms with Gasteiger partial charge >= 0.3 is 5.69 Å². The maximum absolute atomic E-state index is 12.8. The van der Waals surface area contributed by atoms with Gasteiger partial charge < -0.3 is 9.64 Å². The molecule has 3 aromatic rings. The predicted octanol–water partition coefficient (Wildman–Crippen LogP) is 4.57. The van der Waals surface area contributed by atoms with E-state index in [1.165, 1.54) is 10.1 Å². The first-order valence-electron chi connectivity index (χ1n) is 13.5. The van der Waals surface area contributed by atoms with Gasteiger partial charge in [-0.25, -0.2) is 9.78 Å². The second-order valence-corrected chi connectivity index (χ2v) is 10.2. The molecule has 0 N–H and O–H groups in total. The van der Waals surface area contributed by atoms with Crippen molar-refractivity contribution in [2.75, 3.05) is 18.0 Å². The molecule has 1 aliphatic heterocycles. The molecule has 1 aromatic carbocycles. The van der Waals surface area contributed by atoms with Crippen molar-refractivity contribution in [1.82, 2.24) is 19.4 Å². The zero-order valence-corrected chi connectivity index (χ0v) is 22.2. The maximum Gasteiger partial charge on any atom is 0.349 e. The van der Waals surface area contributed by atoms with E-state index in [0.717, 1.165) is 50.9 Å². The predicted molar refractivity (Wildman–Crippen MR) is 145 cm³/mol. The number of hydrogen-bond donors (Lipinski definition) is 0. The van der Waals surface area contributed by atoms with E-state index in [-0.39, 0.29) is 17.8 Å². The Bertz CT molecular complexity index is 1360. The molecule has 1 aliphatic carbocycles. The van der Waals surface area contributed by atoms with E-state index in [1.807, 2.05) is 0 Å². The van der Waals surface area contributed by atoms with Gasteiger partial charge in [0.25, 0.3) is 0 Å². The Morgan fingerprint density at radius 1 is 1.03 bits per heavy atom. The molecule has 0 radical (unpaired) electrons. The standard InChI is InChI=1S/C29H36N6O2/c1-5-21-18-35(28-27-26(33(4)29(36)32-28)15-10-20(16-30)31-27)22(6-2)17-34(21)25(7-3)19-8-11-23(12-9-19)37-24-13-14-24/h8-12,15,21-22,24-25H,5-7,13-14,17-18H2,1-4H3/t21-,22+,25?/m1/s1. The van der Waals surface area contributed by atoms with Gasteiger partial charge in [-0.15, -0.1) is 0 Å². The van der Waals surface area contributed by atoms with Gasteiger partial charge in [-0.1, -0.05) is 32.9 Å². The third kappa shape index (κ3) is 4.93. The summed E-state index contributed by atoms with van der Waals surface area (Å²) in [6.45, 7) is 8.28. The van der Waals surface area contributed by atoms with Crippen LogP contribution in [0.4, 0.5) is 5.82 Å². The van der Waals surface area contributed by atoms with Gasteiger partial charge in [0, 0.05) is 38.3 Å². The van der Waals surface area contributed by atoms with Crippen molar-refractivity contribution in [3.63, 3.8) is 0 Å². The fourth-order valence-electron chi connectivity index (χ4n) is 5.61. The number of aromatic nitrogens is 3. The zero-order valence-electron chi connectivity index (χ0n) is 22.2. The Labute approximate surface area is 218 Å². The Morgan fingerprint density at radius 2 is 1.76 bits per heavy atom. The molecular weight excluding hydrogens is 464 g/mol. The van der Waals surface area contributed by atoms with Crippen LogP contribution < -0.4 is 15.3 Å². The molecule has 0 spiro atoms. The van der Waals surface area contributed by atoms with E-state index in [2.05, 4.69) is 70.9 Å². The van der Waals surface area contributed by atoms with Gasteiger partial charge in [0.2, 0.25) is 0 Å². The number of benzene rings is 1. The minimum atomic E-state index is -0.306. The third-order valence-corrected chi connectivity index (χ3v) is 7.88. The van der Waals surface area contributed by atoms with Crippen LogP contribution in [0.5, 0.6) is 5.75 Å². The highest BCUT2D eigenvalue weighted by molar-refractivity contribution is 5.86. The molecule has 2 fully saturated rings. The molecule has 37 heavy (non-hydrogen) atoms. The third-order valence-electron chi connectivity index (χ3n) is 7.88. The van der Waals surface area contributed by atoms with Crippen molar-refractivity contribution in [2.24, 2.45) is 7.05 Å². The van der Waals surface area contributed by atoms with Crippen LogP contribution in [0, 0.1) is 11.3 Å². The molecule has 1 saturated heterocycles. The molecule has 2 aromatic heterocycles. The van der Waals surface area contributed by atoms with Crippen LogP contribution in [0.1, 0.15) is 70.2 Å². The molecule has 3 heterocycles. The van der Waals surface area contributed by atoms with Crippen molar-refractivity contribution < 1.29 is 4.74 Å². The largest absolute Gasteiger partial charge is 0.490 e. The summed E-state index contributed by atoms with van der Waals surface area (Å²) in [6.07, 6.45) is 5.61. The van der Waals surface area contributed by atoms with Crippen molar-refractivity contribution >= 4 is 16.9 Å². The highest BCUT2D eigenvalue weighted by Crippen LogP contribution is 2.36. The van der Waals surface area contributed by atoms with E-state index < -0.39 is 0 Å². The average Bonchev–Trinajstić information content (AvgIpc) is 3.75. The number of aryl methyl sites for hydroxylation is 1. The second-order valence-electron chi connectivity index (χ2n) is 10.2. The molecule has 0 amide bonds. The minimum absolute atomic E-state index is 0.171. The van der Waals surface area contributed by atoms with E-state index in [4.69, 9.17) is 4.74 Å². The number of hydrogen-bond acceptors (Lipinski definition) is 7. The maximum atomic E-state index is 12.8. The first kappa shape index (κ1) is 25.2. The minimum Gasteiger partial charge on any atom is -0.490 e. The first-order chi connectivity index (χ1) is 18.0. The molecule has 8 nitrogen and oxygen atoms in total. The van der Waals surface area contributed by atoms with Crippen LogP contribution in [-0.2, 0) is 7.05 Å². The quantitative estimate of drug-likeness (QED) is 0.448. The summed E-state index contributed by atoms with van der Waals surface area (Å²) >= 11 is 0. The van der Waals surface area contributed by atoms with Crippen molar-refractivity contribution in [2.45, 2.75) is 77.1 Å². The summed E-state index contributed by atoms with van der Waals surface area (Å²) in [4.78, 5) is 26.8. The molecule has 3 atom stereocenters. The Morgan fingerprint density at radius 3 is 2.38 bits per heavy atom. The summed E-state index contributed by atoms with van der Waals surface area (Å²) in [7, 11) is 1.70. The lowest BCUT2D eigenvalue weighted by molar-refractivity contribution is 0.0895. The number of anilines is 1. The summed E-state index contributed by atoms with van der Waals surface area (Å²) < 4.78 is 7.47. The highest BCUT2D eigenvalue weighted by Gasteiger charge is 2.37. The topological polar surface area (TPSA) is 87.3 Å². The Hall–Kier alpha value is -3.44. The summed E-state index contributed by atoms with van der Waals surface area (Å²) in [5, 5.41) is 9.47. The van der Waals surface area contributed by atoms with E-state index >= 15 is 0 Å². The smallest absolute Gasteiger partial charge is 0.349 e. The van der Waals surface area contributed by atoms with Crippen molar-refractivity contribution in [3.8, 4) is 11.8 Å². The summed E-state index contributed by atoms with van der Waals surface area (Å²) in [5.41, 5.74) is 2.64. The molecule has 5 rings (SSSR count). The van der Waals surface area contributed by atoms with E-state index in [0.29, 0.717) is 34.7 Å². The van der Waals surface area contributed by atoms with Gasteiger partial charge in [-0.3, -0.25) is 9.47 Å². The van der Waals surface area contributed by atoms with Crippen LogP contribution >= 0.6 is 0 Å². The van der Waals surface area contributed by atoms with Gasteiger partial charge in [-0.2, -0.15) is 10.2 Å². The van der Waals surface area contributed by atoms with E-state index in [9.17, 15) is 10.1 Å². The lowest BCUT2D eigenvalue weighted by atomic mass is 9.95. The van der Waals surface area contributed by atoms with E-state index in [1.54, 1.807) is 19.2 Å². The monoisotopic (exact) mass is 500 g/mol. The Kier molecular flexibility index (Phi) is 7.16. The average molecular weight is 501 g/mol. The van der Waals surface area contributed by atoms with Crippen LogP contribution in [0.25, 0.3) is 11.0 Å². The molecule has 0 bridgehead atoms. The zero-order chi connectivity index (χ0) is 26.1. The fourth-order valence-corrected chi connectivity index (χ4v) is 5.61. The van der Waals surface area contributed by atoms with Gasteiger partial charge in [-0.05, 0) is 61.9 Å². The Balaban J connectivity index is 1.48. The lowest BCUT2D eigenvalue weighted by Gasteiger charge is -2.49. The number of rotatable bonds is 8. The van der Waals surface area contributed by atoms with Crippen LogP contribution in [-0.4, -0.2) is 50.7 Å². The summed E-state index contributed by atoms with van der Waals surface area (Å²) in [6, 6.07) is 15.0. The van der Waals surface area contributed by atoms with Gasteiger partial charge in [0.15, 0.2) is 5.82 Å². The van der Waals surface area contributed by atoms with Crippen LogP contribution in [0.15, 0.2) is 41.2 Å². The van der Waals surface area contributed by atoms with Gasteiger partial charge in [0.05, 0.1) is 11.6 Å². The molecule has 1 unspecified atom stereocenters. The number of pyridine rings is 1. The van der Waals surface area contributed by atoms with Crippen LogP contribution in [0.3, 0.4) is 0 Å². The van der Waals surface area contributed by atoms with Gasteiger partial charge in [0.1, 0.15) is 23.0 Å². The van der Waals surface area contributed by atoms with Crippen molar-refractivity contribution in [3.05, 3.63) is 58.1 Å². The number of fused-ring (bicyclic) bond motifs is 1. The molecule has 194 valence electrons. The number of nitriles is 1. The number of nitrogens with zero attached hydrogens (tertiary/aromatic N) is 6.